The summed E-state index contributed by atoms with van der Waals surface area (Å²) in [5.41, 5.74) is 0.391. The van der Waals surface area contributed by atoms with Gasteiger partial charge in [0.05, 0.1) is 6.10 Å². The van der Waals surface area contributed by atoms with E-state index in [2.05, 4.69) is 5.32 Å². The van der Waals surface area contributed by atoms with Crippen molar-refractivity contribution in [2.24, 2.45) is 0 Å². The van der Waals surface area contributed by atoms with Crippen LogP contribution < -0.4 is 10.1 Å². The maximum Gasteiger partial charge on any atom is 0.326 e. The predicted octanol–water partition coefficient (Wildman–Crippen LogP) is 2.62. The van der Waals surface area contributed by atoms with Gasteiger partial charge in [-0.15, -0.1) is 0 Å². The number of amides is 1. The second-order valence-electron chi connectivity index (χ2n) is 5.98. The number of aliphatic carboxylic acids is 1. The molecule has 1 saturated heterocycles. The third-order valence-electron chi connectivity index (χ3n) is 4.01. The molecule has 1 aliphatic rings. The number of carbonyl (C=O) groups is 2. The van der Waals surface area contributed by atoms with Gasteiger partial charge in [-0.05, 0) is 37.5 Å². The second kappa shape index (κ2) is 9.27. The Morgan fingerprint density at radius 2 is 2.29 bits per heavy atom. The van der Waals surface area contributed by atoms with Crippen molar-refractivity contribution in [3.05, 3.63) is 29.8 Å². The molecule has 2 rings (SSSR count). The quantitative estimate of drug-likeness (QED) is 0.724. The van der Waals surface area contributed by atoms with Crippen molar-refractivity contribution in [1.29, 1.82) is 0 Å². The highest BCUT2D eigenvalue weighted by atomic mass is 16.5. The van der Waals surface area contributed by atoms with Gasteiger partial charge in [0, 0.05) is 12.2 Å². The molecule has 0 spiro atoms. The standard InChI is InChI=1S/C18H25NO5/c1-2-3-9-16(18(21)22)19-17(20)13-6-4-7-14(11-13)24-12-15-8-5-10-23-15/h4,6-7,11,15-16H,2-3,5,8-10,12H2,1H3,(H,19,20)(H,21,22). The Morgan fingerprint density at radius 3 is 2.96 bits per heavy atom. The van der Waals surface area contributed by atoms with Crippen LogP contribution in [0.4, 0.5) is 0 Å². The van der Waals surface area contributed by atoms with Crippen LogP contribution in [-0.2, 0) is 9.53 Å². The zero-order chi connectivity index (χ0) is 17.4. The number of nitrogens with one attached hydrogen (secondary N) is 1. The van der Waals surface area contributed by atoms with Crippen molar-refractivity contribution >= 4 is 11.9 Å². The highest BCUT2D eigenvalue weighted by molar-refractivity contribution is 5.96. The lowest BCUT2D eigenvalue weighted by Crippen LogP contribution is -2.40. The van der Waals surface area contributed by atoms with E-state index in [9.17, 15) is 14.7 Å². The summed E-state index contributed by atoms with van der Waals surface area (Å²) in [6.45, 7) is 3.21. The van der Waals surface area contributed by atoms with Crippen molar-refractivity contribution in [3.8, 4) is 5.75 Å². The number of benzene rings is 1. The molecule has 24 heavy (non-hydrogen) atoms. The Balaban J connectivity index is 1.93. The molecule has 0 saturated carbocycles. The smallest absolute Gasteiger partial charge is 0.326 e. The largest absolute Gasteiger partial charge is 0.491 e. The summed E-state index contributed by atoms with van der Waals surface area (Å²) in [6, 6.07) is 5.91. The van der Waals surface area contributed by atoms with Gasteiger partial charge in [-0.3, -0.25) is 4.79 Å². The molecular formula is C18H25NO5. The van der Waals surface area contributed by atoms with E-state index < -0.39 is 17.9 Å². The minimum atomic E-state index is -1.01. The average Bonchev–Trinajstić information content (AvgIpc) is 3.10. The molecular weight excluding hydrogens is 310 g/mol. The third kappa shape index (κ3) is 5.53. The van der Waals surface area contributed by atoms with E-state index in [1.807, 2.05) is 6.92 Å². The highest BCUT2D eigenvalue weighted by Crippen LogP contribution is 2.17. The first-order valence-electron chi connectivity index (χ1n) is 8.48. The third-order valence-corrected chi connectivity index (χ3v) is 4.01. The first-order chi connectivity index (χ1) is 11.6. The number of carboxylic acids is 1. The molecule has 1 aliphatic heterocycles. The number of hydrogen-bond donors (Lipinski definition) is 2. The van der Waals surface area contributed by atoms with Crippen LogP contribution in [0.2, 0.25) is 0 Å². The topological polar surface area (TPSA) is 84.9 Å². The molecule has 0 radical (unpaired) electrons. The van der Waals surface area contributed by atoms with Crippen LogP contribution in [0.15, 0.2) is 24.3 Å². The molecule has 1 aromatic rings. The Labute approximate surface area is 142 Å². The number of unbranched alkanes of at least 4 members (excludes halogenated alkanes) is 1. The number of hydrogen-bond acceptors (Lipinski definition) is 4. The molecule has 2 N–H and O–H groups in total. The zero-order valence-corrected chi connectivity index (χ0v) is 14.0. The average molecular weight is 335 g/mol. The van der Waals surface area contributed by atoms with Gasteiger partial charge in [0.25, 0.3) is 5.91 Å². The Morgan fingerprint density at radius 1 is 1.46 bits per heavy atom. The fraction of sp³-hybridized carbons (Fsp3) is 0.556. The van der Waals surface area contributed by atoms with Gasteiger partial charge in [-0.1, -0.05) is 25.8 Å². The van der Waals surface area contributed by atoms with Crippen LogP contribution >= 0.6 is 0 Å². The van der Waals surface area contributed by atoms with E-state index >= 15 is 0 Å². The minimum Gasteiger partial charge on any atom is -0.491 e. The summed E-state index contributed by atoms with van der Waals surface area (Å²) in [6.07, 6.45) is 4.19. The molecule has 6 heteroatoms. The molecule has 6 nitrogen and oxygen atoms in total. The van der Waals surface area contributed by atoms with Crippen LogP contribution in [-0.4, -0.2) is 42.3 Å². The molecule has 2 unspecified atom stereocenters. The summed E-state index contributed by atoms with van der Waals surface area (Å²) < 4.78 is 11.2. The summed E-state index contributed by atoms with van der Waals surface area (Å²) >= 11 is 0. The first-order valence-corrected chi connectivity index (χ1v) is 8.48. The Kier molecular flexibility index (Phi) is 7.06. The van der Waals surface area contributed by atoms with E-state index in [4.69, 9.17) is 9.47 Å². The SMILES string of the molecule is CCCCC(NC(=O)c1cccc(OCC2CCCO2)c1)C(=O)O. The molecule has 1 amide bonds. The van der Waals surface area contributed by atoms with Crippen molar-refractivity contribution in [2.45, 2.75) is 51.2 Å². The van der Waals surface area contributed by atoms with E-state index in [0.717, 1.165) is 32.3 Å². The Hall–Kier alpha value is -2.08. The molecule has 132 valence electrons. The van der Waals surface area contributed by atoms with Crippen molar-refractivity contribution in [2.75, 3.05) is 13.2 Å². The lowest BCUT2D eigenvalue weighted by atomic mass is 10.1. The van der Waals surface area contributed by atoms with E-state index in [-0.39, 0.29) is 6.10 Å². The summed E-state index contributed by atoms with van der Waals surface area (Å²) in [5.74, 6) is -0.831. The number of ether oxygens (including phenoxy) is 2. The molecule has 2 atom stereocenters. The molecule has 0 aromatic heterocycles. The van der Waals surface area contributed by atoms with Crippen LogP contribution in [0.1, 0.15) is 49.4 Å². The summed E-state index contributed by atoms with van der Waals surface area (Å²) in [4.78, 5) is 23.5. The maximum absolute atomic E-state index is 12.3. The van der Waals surface area contributed by atoms with Gasteiger partial charge >= 0.3 is 5.97 Å². The van der Waals surface area contributed by atoms with Gasteiger partial charge < -0.3 is 19.9 Å². The summed E-state index contributed by atoms with van der Waals surface area (Å²) in [5, 5.41) is 11.8. The van der Waals surface area contributed by atoms with Gasteiger partial charge in [0.1, 0.15) is 18.4 Å². The molecule has 1 heterocycles. The fourth-order valence-corrected chi connectivity index (χ4v) is 2.60. The zero-order valence-electron chi connectivity index (χ0n) is 14.0. The van der Waals surface area contributed by atoms with Crippen molar-refractivity contribution in [1.82, 2.24) is 5.32 Å². The van der Waals surface area contributed by atoms with Gasteiger partial charge in [0.2, 0.25) is 0 Å². The van der Waals surface area contributed by atoms with Gasteiger partial charge in [-0.2, -0.15) is 0 Å². The highest BCUT2D eigenvalue weighted by Gasteiger charge is 2.20. The minimum absolute atomic E-state index is 0.105. The van der Waals surface area contributed by atoms with Crippen LogP contribution in [0.25, 0.3) is 0 Å². The number of carboxylic acid groups (broad SMARTS) is 1. The van der Waals surface area contributed by atoms with Crippen LogP contribution in [0, 0.1) is 0 Å². The Bertz CT molecular complexity index is 554. The fourth-order valence-electron chi connectivity index (χ4n) is 2.60. The van der Waals surface area contributed by atoms with Gasteiger partial charge in [-0.25, -0.2) is 4.79 Å². The normalized spacial score (nSPS) is 18.1. The van der Waals surface area contributed by atoms with E-state index in [0.29, 0.717) is 24.3 Å². The van der Waals surface area contributed by atoms with Crippen LogP contribution in [0.3, 0.4) is 0 Å². The number of carbonyl (C=O) groups excluding carboxylic acids is 1. The van der Waals surface area contributed by atoms with Crippen LogP contribution in [0.5, 0.6) is 5.75 Å². The van der Waals surface area contributed by atoms with E-state index in [1.54, 1.807) is 24.3 Å². The predicted molar refractivity (Wildman–Crippen MR) is 89.3 cm³/mol. The number of rotatable bonds is 9. The van der Waals surface area contributed by atoms with Crippen molar-refractivity contribution in [3.63, 3.8) is 0 Å². The first kappa shape index (κ1) is 18.3. The summed E-state index contributed by atoms with van der Waals surface area (Å²) in [7, 11) is 0. The van der Waals surface area contributed by atoms with Crippen molar-refractivity contribution < 1.29 is 24.2 Å². The molecule has 1 fully saturated rings. The molecule has 1 aromatic carbocycles. The second-order valence-corrected chi connectivity index (χ2v) is 5.98. The lowest BCUT2D eigenvalue weighted by molar-refractivity contribution is -0.139. The molecule has 0 aliphatic carbocycles. The van der Waals surface area contributed by atoms with E-state index in [1.165, 1.54) is 0 Å². The monoisotopic (exact) mass is 335 g/mol. The maximum atomic E-state index is 12.3. The molecule has 0 bridgehead atoms. The lowest BCUT2D eigenvalue weighted by Gasteiger charge is -2.15. The van der Waals surface area contributed by atoms with Gasteiger partial charge in [0.15, 0.2) is 0 Å².